The third-order valence-corrected chi connectivity index (χ3v) is 7.96. The van der Waals surface area contributed by atoms with Gasteiger partial charge in [-0.25, -0.2) is 14.4 Å². The molecular formula is C31H32Cl2FN7O3. The molecule has 5 rings (SSSR count). The van der Waals surface area contributed by atoms with Gasteiger partial charge in [-0.1, -0.05) is 47.5 Å². The molecule has 1 aromatic carbocycles. The highest BCUT2D eigenvalue weighted by Crippen LogP contribution is 2.41. The first-order chi connectivity index (χ1) is 21.4. The number of aromatic nitrogens is 3. The van der Waals surface area contributed by atoms with Crippen LogP contribution in [0.15, 0.2) is 54.9 Å². The smallest absolute Gasteiger partial charge is 0.220 e. The van der Waals surface area contributed by atoms with E-state index in [0.717, 1.165) is 12.0 Å². The molecule has 1 fully saturated rings. The molecule has 4 heterocycles. The molecule has 10 nitrogen and oxygen atoms in total. The van der Waals surface area contributed by atoms with Gasteiger partial charge in [-0.2, -0.15) is 0 Å². The molecule has 0 bridgehead atoms. The van der Waals surface area contributed by atoms with E-state index in [2.05, 4.69) is 31.2 Å². The number of nitrogens with one attached hydrogen (secondary N) is 4. The first-order valence-corrected chi connectivity index (χ1v) is 14.8. The lowest BCUT2D eigenvalue weighted by atomic mass is 10.0. The minimum atomic E-state index is -0.531. The van der Waals surface area contributed by atoms with Crippen molar-refractivity contribution >= 4 is 40.6 Å². The summed E-state index contributed by atoms with van der Waals surface area (Å²) in [5, 5.41) is 21.8. The molecule has 5 N–H and O–H groups in total. The Labute approximate surface area is 264 Å². The number of aliphatic hydroxyl groups is 1. The van der Waals surface area contributed by atoms with Crippen LogP contribution >= 0.6 is 23.2 Å². The SMILES string of the molecule is COc1nc(-c2cccc(-c3nccc(Nc4nccc(CNCCO)c4F)c3Cl)c2Cl)ccc1CNC[C@@H]1CCC(=O)N1. The Morgan fingerprint density at radius 3 is 2.59 bits per heavy atom. The summed E-state index contributed by atoms with van der Waals surface area (Å²) in [5.74, 6) is 0.0127. The van der Waals surface area contributed by atoms with Crippen LogP contribution in [0.5, 0.6) is 5.88 Å². The van der Waals surface area contributed by atoms with Crippen molar-refractivity contribution in [3.8, 4) is 28.4 Å². The van der Waals surface area contributed by atoms with Crippen molar-refractivity contribution in [1.29, 1.82) is 0 Å². The number of ether oxygens (including phenoxy) is 1. The molecule has 1 aliphatic heterocycles. The van der Waals surface area contributed by atoms with E-state index < -0.39 is 5.82 Å². The summed E-state index contributed by atoms with van der Waals surface area (Å²) in [4.78, 5) is 24.8. The van der Waals surface area contributed by atoms with Crippen molar-refractivity contribution in [2.75, 3.05) is 32.1 Å². The topological polar surface area (TPSA) is 133 Å². The van der Waals surface area contributed by atoms with Crippen molar-refractivity contribution in [3.05, 3.63) is 81.8 Å². The van der Waals surface area contributed by atoms with Gasteiger partial charge in [-0.05, 0) is 24.6 Å². The predicted molar refractivity (Wildman–Crippen MR) is 169 cm³/mol. The van der Waals surface area contributed by atoms with Gasteiger partial charge in [0.15, 0.2) is 11.6 Å². The monoisotopic (exact) mass is 639 g/mol. The number of amides is 1. The van der Waals surface area contributed by atoms with Crippen LogP contribution in [0.25, 0.3) is 22.5 Å². The van der Waals surface area contributed by atoms with Gasteiger partial charge in [-0.15, -0.1) is 0 Å². The number of nitrogens with zero attached hydrogens (tertiary/aromatic N) is 3. The fourth-order valence-corrected chi connectivity index (χ4v) is 5.49. The van der Waals surface area contributed by atoms with Crippen molar-refractivity contribution in [1.82, 2.24) is 30.9 Å². The lowest BCUT2D eigenvalue weighted by Crippen LogP contribution is -2.35. The van der Waals surface area contributed by atoms with Crippen LogP contribution in [0.1, 0.15) is 24.0 Å². The molecule has 1 atom stereocenters. The van der Waals surface area contributed by atoms with Crippen molar-refractivity contribution < 1.29 is 19.0 Å². The Hall–Kier alpha value is -3.87. The van der Waals surface area contributed by atoms with Crippen LogP contribution in [-0.4, -0.2) is 58.8 Å². The standard InChI is InChI=1S/C31H32Cl2FN7O3/c1-44-31-19(16-36-17-20-6-8-25(43)39-20)5-7-23(41-31)21-3-2-4-22(26(21)32)29-27(33)24(10-12-37-29)40-30-28(34)18(9-11-38-30)15-35-13-14-42/h2-5,7,9-12,20,35-36,42H,6,8,13-17H2,1H3,(H,39,43)(H,37,38,40)/t20-/m0/s1. The Kier molecular flexibility index (Phi) is 10.6. The molecule has 4 aromatic rings. The van der Waals surface area contributed by atoms with Crippen molar-refractivity contribution in [2.24, 2.45) is 0 Å². The number of carbonyl (C=O) groups excluding carboxylic acids is 1. The number of anilines is 2. The molecule has 1 aliphatic rings. The number of hydrogen-bond acceptors (Lipinski definition) is 9. The molecule has 1 amide bonds. The number of aliphatic hydroxyl groups excluding tert-OH is 1. The number of rotatable bonds is 13. The Morgan fingerprint density at radius 2 is 1.82 bits per heavy atom. The summed E-state index contributed by atoms with van der Waals surface area (Å²) in [5.41, 5.74) is 3.88. The van der Waals surface area contributed by atoms with E-state index in [0.29, 0.717) is 70.7 Å². The van der Waals surface area contributed by atoms with E-state index in [4.69, 9.17) is 38.0 Å². The van der Waals surface area contributed by atoms with Gasteiger partial charge in [0.25, 0.3) is 0 Å². The fraction of sp³-hybridized carbons (Fsp3) is 0.290. The molecule has 0 saturated carbocycles. The highest BCUT2D eigenvalue weighted by Gasteiger charge is 2.21. The summed E-state index contributed by atoms with van der Waals surface area (Å²) in [6, 6.07) is 12.6. The van der Waals surface area contributed by atoms with E-state index in [-0.39, 0.29) is 35.9 Å². The van der Waals surface area contributed by atoms with Crippen LogP contribution in [-0.2, 0) is 17.9 Å². The average Bonchev–Trinajstić information content (AvgIpc) is 3.45. The van der Waals surface area contributed by atoms with Gasteiger partial charge in [0.1, 0.15) is 0 Å². The van der Waals surface area contributed by atoms with Gasteiger partial charge in [0.2, 0.25) is 11.8 Å². The molecule has 0 radical (unpaired) electrons. The van der Waals surface area contributed by atoms with Gasteiger partial charge < -0.3 is 31.1 Å². The Morgan fingerprint density at radius 1 is 1.02 bits per heavy atom. The molecule has 3 aromatic heterocycles. The van der Waals surface area contributed by atoms with Gasteiger partial charge in [0, 0.05) is 73.3 Å². The molecule has 0 unspecified atom stereocenters. The molecular weight excluding hydrogens is 608 g/mol. The first kappa shape index (κ1) is 31.6. The second-order valence-electron chi connectivity index (χ2n) is 10.1. The number of benzene rings is 1. The van der Waals surface area contributed by atoms with Crippen LogP contribution in [0.3, 0.4) is 0 Å². The van der Waals surface area contributed by atoms with Gasteiger partial charge >= 0.3 is 0 Å². The van der Waals surface area contributed by atoms with E-state index >= 15 is 4.39 Å². The second kappa shape index (κ2) is 14.7. The maximum absolute atomic E-state index is 15.1. The third-order valence-electron chi connectivity index (χ3n) is 7.17. The molecule has 44 heavy (non-hydrogen) atoms. The normalized spacial score (nSPS) is 14.5. The molecule has 1 saturated heterocycles. The maximum Gasteiger partial charge on any atom is 0.220 e. The third kappa shape index (κ3) is 7.25. The number of hydrogen-bond donors (Lipinski definition) is 5. The van der Waals surface area contributed by atoms with Crippen LogP contribution in [0.4, 0.5) is 15.9 Å². The zero-order valence-electron chi connectivity index (χ0n) is 24.0. The summed E-state index contributed by atoms with van der Waals surface area (Å²) in [7, 11) is 1.56. The maximum atomic E-state index is 15.1. The number of methoxy groups -OCH3 is 1. The van der Waals surface area contributed by atoms with E-state index in [1.54, 1.807) is 31.5 Å². The Balaban J connectivity index is 1.37. The lowest BCUT2D eigenvalue weighted by molar-refractivity contribution is -0.119. The summed E-state index contributed by atoms with van der Waals surface area (Å²) in [6.45, 7) is 1.70. The van der Waals surface area contributed by atoms with Crippen LogP contribution in [0, 0.1) is 5.82 Å². The second-order valence-corrected chi connectivity index (χ2v) is 10.9. The number of carbonyl (C=O) groups is 1. The van der Waals surface area contributed by atoms with Crippen molar-refractivity contribution in [3.63, 3.8) is 0 Å². The first-order valence-electron chi connectivity index (χ1n) is 14.1. The van der Waals surface area contributed by atoms with Gasteiger partial charge in [-0.3, -0.25) is 9.78 Å². The number of halogens is 3. The fourth-order valence-electron chi connectivity index (χ4n) is 4.92. The zero-order valence-corrected chi connectivity index (χ0v) is 25.5. The summed E-state index contributed by atoms with van der Waals surface area (Å²) in [6.07, 6.45) is 4.42. The minimum Gasteiger partial charge on any atom is -0.481 e. The average molecular weight is 641 g/mol. The summed E-state index contributed by atoms with van der Waals surface area (Å²) < 4.78 is 20.7. The number of pyridine rings is 3. The highest BCUT2D eigenvalue weighted by molar-refractivity contribution is 6.39. The Bertz CT molecular complexity index is 1640. The largest absolute Gasteiger partial charge is 0.481 e. The van der Waals surface area contributed by atoms with Gasteiger partial charge in [0.05, 0.1) is 40.8 Å². The van der Waals surface area contributed by atoms with Crippen molar-refractivity contribution in [2.45, 2.75) is 32.0 Å². The quantitative estimate of drug-likeness (QED) is 0.130. The van der Waals surface area contributed by atoms with E-state index in [1.807, 2.05) is 24.3 Å². The molecule has 230 valence electrons. The van der Waals surface area contributed by atoms with Crippen LogP contribution < -0.4 is 26.0 Å². The van der Waals surface area contributed by atoms with E-state index in [1.165, 1.54) is 6.20 Å². The molecule has 0 spiro atoms. The molecule has 0 aliphatic carbocycles. The minimum absolute atomic E-state index is 0.00562. The zero-order chi connectivity index (χ0) is 31.1. The van der Waals surface area contributed by atoms with Crippen LogP contribution in [0.2, 0.25) is 10.0 Å². The molecule has 13 heteroatoms. The lowest BCUT2D eigenvalue weighted by Gasteiger charge is -2.16. The van der Waals surface area contributed by atoms with E-state index in [9.17, 15) is 4.79 Å². The predicted octanol–water partition coefficient (Wildman–Crippen LogP) is 4.85. The highest BCUT2D eigenvalue weighted by atomic mass is 35.5. The summed E-state index contributed by atoms with van der Waals surface area (Å²) >= 11 is 13.7.